The SMILES string of the molecule is C/C=C\C=C/c1cc2c(CCC)c(-c3ccc4c(c3C)c3ccccc3n4C(/C=C(C)/C=C/C)=C/C=C\C)ccc2n1C(/C=C\C)=C/Cc1ccccc1. The van der Waals surface area contributed by atoms with Gasteiger partial charge in [-0.05, 0) is 136 Å². The van der Waals surface area contributed by atoms with Crippen molar-refractivity contribution in [2.75, 3.05) is 0 Å². The van der Waals surface area contributed by atoms with Crippen molar-refractivity contribution in [3.8, 4) is 11.1 Å². The molecule has 2 nitrogen and oxygen atoms in total. The Bertz CT molecular complexity index is 2510. The summed E-state index contributed by atoms with van der Waals surface area (Å²) in [5.74, 6) is 0. The smallest absolute Gasteiger partial charge is 0.0544 e. The van der Waals surface area contributed by atoms with Crippen LogP contribution >= 0.6 is 0 Å². The molecule has 272 valence electrons. The molecule has 0 saturated heterocycles. The average Bonchev–Trinajstić information content (AvgIpc) is 3.72. The van der Waals surface area contributed by atoms with E-state index in [2.05, 4.69) is 222 Å². The first-order valence-corrected chi connectivity index (χ1v) is 19.5. The number of fused-ring (bicyclic) bond motifs is 4. The lowest BCUT2D eigenvalue weighted by atomic mass is 9.90. The summed E-state index contributed by atoms with van der Waals surface area (Å²) in [6.07, 6.45) is 31.2. The third kappa shape index (κ3) is 7.75. The van der Waals surface area contributed by atoms with Crippen LogP contribution in [-0.2, 0) is 12.8 Å². The third-order valence-corrected chi connectivity index (χ3v) is 10.1. The molecular formula is C52H54N2. The zero-order valence-electron chi connectivity index (χ0n) is 33.1. The van der Waals surface area contributed by atoms with Crippen molar-refractivity contribution in [2.24, 2.45) is 0 Å². The van der Waals surface area contributed by atoms with Gasteiger partial charge in [-0.1, -0.05) is 129 Å². The summed E-state index contributed by atoms with van der Waals surface area (Å²) in [5, 5.41) is 3.89. The lowest BCUT2D eigenvalue weighted by molar-refractivity contribution is 0.931. The molecule has 6 aromatic rings. The number of hydrogen-bond acceptors (Lipinski definition) is 0. The molecule has 0 unspecified atom stereocenters. The Balaban J connectivity index is 1.61. The van der Waals surface area contributed by atoms with Crippen LogP contribution in [0.15, 0.2) is 163 Å². The number of aromatic nitrogens is 2. The molecule has 0 radical (unpaired) electrons. The Kier molecular flexibility index (Phi) is 12.5. The van der Waals surface area contributed by atoms with E-state index in [1.807, 2.05) is 0 Å². The fraction of sp³-hybridized carbons (Fsp3) is 0.192. The molecule has 0 amide bonds. The zero-order chi connectivity index (χ0) is 38.0. The van der Waals surface area contributed by atoms with Crippen molar-refractivity contribution >= 4 is 50.2 Å². The number of allylic oxidation sites excluding steroid dienone is 15. The van der Waals surface area contributed by atoms with Gasteiger partial charge < -0.3 is 9.13 Å². The fourth-order valence-corrected chi connectivity index (χ4v) is 7.78. The predicted octanol–water partition coefficient (Wildman–Crippen LogP) is 14.9. The Morgan fingerprint density at radius 1 is 0.648 bits per heavy atom. The van der Waals surface area contributed by atoms with E-state index in [-0.39, 0.29) is 0 Å². The van der Waals surface area contributed by atoms with Gasteiger partial charge in [-0.15, -0.1) is 0 Å². The van der Waals surface area contributed by atoms with E-state index in [0.29, 0.717) is 0 Å². The lowest BCUT2D eigenvalue weighted by Gasteiger charge is -2.16. The van der Waals surface area contributed by atoms with E-state index >= 15 is 0 Å². The fourth-order valence-electron chi connectivity index (χ4n) is 7.78. The number of nitrogens with zero attached hydrogens (tertiary/aromatic N) is 2. The lowest BCUT2D eigenvalue weighted by Crippen LogP contribution is -2.00. The summed E-state index contributed by atoms with van der Waals surface area (Å²) >= 11 is 0. The summed E-state index contributed by atoms with van der Waals surface area (Å²) in [6, 6.07) is 31.4. The Hall–Kier alpha value is -5.86. The van der Waals surface area contributed by atoms with Crippen LogP contribution in [0.3, 0.4) is 0 Å². The zero-order valence-corrected chi connectivity index (χ0v) is 33.1. The van der Waals surface area contributed by atoms with Crippen LogP contribution in [0.1, 0.15) is 70.3 Å². The molecule has 0 atom stereocenters. The summed E-state index contributed by atoms with van der Waals surface area (Å²) in [5.41, 5.74) is 15.0. The van der Waals surface area contributed by atoms with Crippen molar-refractivity contribution in [1.82, 2.24) is 9.13 Å². The van der Waals surface area contributed by atoms with Gasteiger partial charge in [-0.2, -0.15) is 0 Å². The summed E-state index contributed by atoms with van der Waals surface area (Å²) < 4.78 is 4.87. The first kappa shape index (κ1) is 37.9. The number of rotatable bonds is 13. The molecule has 0 aliphatic rings. The monoisotopic (exact) mass is 706 g/mol. The van der Waals surface area contributed by atoms with E-state index in [4.69, 9.17) is 0 Å². The molecule has 2 heteroatoms. The van der Waals surface area contributed by atoms with Gasteiger partial charge in [0.2, 0.25) is 0 Å². The summed E-state index contributed by atoms with van der Waals surface area (Å²) in [4.78, 5) is 0. The second-order valence-electron chi connectivity index (χ2n) is 13.9. The van der Waals surface area contributed by atoms with E-state index in [9.17, 15) is 0 Å². The minimum absolute atomic E-state index is 0.862. The van der Waals surface area contributed by atoms with E-state index in [1.165, 1.54) is 77.5 Å². The Morgan fingerprint density at radius 3 is 2.09 bits per heavy atom. The first-order valence-electron chi connectivity index (χ1n) is 19.5. The molecule has 0 spiro atoms. The van der Waals surface area contributed by atoms with Crippen molar-refractivity contribution in [1.29, 1.82) is 0 Å². The van der Waals surface area contributed by atoms with Crippen molar-refractivity contribution in [3.05, 3.63) is 186 Å². The number of hydrogen-bond donors (Lipinski definition) is 0. The Morgan fingerprint density at radius 2 is 1.35 bits per heavy atom. The van der Waals surface area contributed by atoms with Crippen LogP contribution in [0.25, 0.3) is 61.3 Å². The van der Waals surface area contributed by atoms with Crippen molar-refractivity contribution in [2.45, 2.75) is 67.7 Å². The maximum Gasteiger partial charge on any atom is 0.0544 e. The van der Waals surface area contributed by atoms with Gasteiger partial charge in [0.25, 0.3) is 0 Å². The minimum Gasteiger partial charge on any atom is -0.310 e. The molecule has 0 aliphatic carbocycles. The van der Waals surface area contributed by atoms with Gasteiger partial charge in [0.05, 0.1) is 16.6 Å². The molecule has 2 heterocycles. The van der Waals surface area contributed by atoms with E-state index < -0.39 is 0 Å². The van der Waals surface area contributed by atoms with Crippen molar-refractivity contribution in [3.63, 3.8) is 0 Å². The van der Waals surface area contributed by atoms with Gasteiger partial charge in [-0.3, -0.25) is 0 Å². The van der Waals surface area contributed by atoms with Gasteiger partial charge in [-0.25, -0.2) is 0 Å². The highest BCUT2D eigenvalue weighted by Crippen LogP contribution is 2.42. The maximum absolute atomic E-state index is 2.44. The highest BCUT2D eigenvalue weighted by Gasteiger charge is 2.21. The quantitative estimate of drug-likeness (QED) is 0.106. The van der Waals surface area contributed by atoms with Gasteiger partial charge in [0.15, 0.2) is 0 Å². The van der Waals surface area contributed by atoms with Crippen LogP contribution in [0.4, 0.5) is 0 Å². The molecule has 0 aliphatic heterocycles. The number of aryl methyl sites for hydroxylation is 2. The maximum atomic E-state index is 2.44. The molecule has 2 aromatic heterocycles. The second-order valence-corrected chi connectivity index (χ2v) is 13.9. The number of para-hydroxylation sites is 1. The topological polar surface area (TPSA) is 9.86 Å². The third-order valence-electron chi connectivity index (χ3n) is 10.1. The minimum atomic E-state index is 0.862. The normalized spacial score (nSPS) is 13.6. The standard InChI is InChI=1S/C52H54N2/c1-8-13-16-27-43-37-48-45(23-12-5)46(33-34-50(48)53(43)41(22-11-4)31-30-40-24-17-15-18-25-40)44-32-35-51-52(39(44)7)47-28-19-20-29-49(47)54(51)42(26-14-9-2)36-38(6)21-10-3/h8-11,13-22,24-29,31-37H,12,23,30H2,1-7H3/b13-8-,14-9-,21-10+,22-11-,27-16-,38-36+,41-31+,42-26+. The molecule has 6 rings (SSSR count). The largest absolute Gasteiger partial charge is 0.310 e. The molecule has 0 N–H and O–H groups in total. The van der Waals surface area contributed by atoms with Gasteiger partial charge >= 0.3 is 0 Å². The summed E-state index contributed by atoms with van der Waals surface area (Å²) in [7, 11) is 0. The van der Waals surface area contributed by atoms with Gasteiger partial charge in [0.1, 0.15) is 0 Å². The van der Waals surface area contributed by atoms with Crippen LogP contribution < -0.4 is 0 Å². The van der Waals surface area contributed by atoms with Crippen LogP contribution in [0.2, 0.25) is 0 Å². The predicted molar refractivity (Wildman–Crippen MR) is 240 cm³/mol. The van der Waals surface area contributed by atoms with E-state index in [1.54, 1.807) is 0 Å². The second kappa shape index (κ2) is 17.8. The van der Waals surface area contributed by atoms with Crippen LogP contribution in [-0.4, -0.2) is 9.13 Å². The van der Waals surface area contributed by atoms with E-state index in [0.717, 1.165) is 25.0 Å². The molecular weight excluding hydrogens is 653 g/mol. The molecule has 0 saturated carbocycles. The number of benzene rings is 4. The van der Waals surface area contributed by atoms with Crippen LogP contribution in [0, 0.1) is 6.92 Å². The Labute approximate surface area is 322 Å². The van der Waals surface area contributed by atoms with Gasteiger partial charge in [0, 0.05) is 33.2 Å². The molecule has 54 heavy (non-hydrogen) atoms. The highest BCUT2D eigenvalue weighted by molar-refractivity contribution is 6.14. The summed E-state index contributed by atoms with van der Waals surface area (Å²) in [6.45, 7) is 15.1. The first-order chi connectivity index (χ1) is 26.4. The average molecular weight is 707 g/mol. The highest BCUT2D eigenvalue weighted by atomic mass is 15.0. The molecule has 0 bridgehead atoms. The van der Waals surface area contributed by atoms with Crippen LogP contribution in [0.5, 0.6) is 0 Å². The molecule has 0 fully saturated rings. The molecule has 4 aromatic carbocycles. The van der Waals surface area contributed by atoms with Crippen molar-refractivity contribution < 1.29 is 0 Å².